The van der Waals surface area contributed by atoms with Crippen LogP contribution in [0, 0.1) is 0 Å². The van der Waals surface area contributed by atoms with Gasteiger partial charge in [0.25, 0.3) is 0 Å². The van der Waals surface area contributed by atoms with E-state index in [1.54, 1.807) is 18.2 Å². The lowest BCUT2D eigenvalue weighted by Gasteiger charge is -2.26. The van der Waals surface area contributed by atoms with Gasteiger partial charge in [-0.05, 0) is 42.2 Å². The van der Waals surface area contributed by atoms with Gasteiger partial charge in [0.1, 0.15) is 0 Å². The van der Waals surface area contributed by atoms with Crippen molar-refractivity contribution in [2.45, 2.75) is 37.5 Å². The SMILES string of the molecule is CCCCc1ccc(CC(=O)Nc2cccc(S(=O)(=O)N3CCOCC3)c2)cc1. The van der Waals surface area contributed by atoms with E-state index in [1.165, 1.54) is 15.9 Å². The highest BCUT2D eigenvalue weighted by Crippen LogP contribution is 2.21. The molecule has 1 aliphatic heterocycles. The summed E-state index contributed by atoms with van der Waals surface area (Å²) < 4.78 is 32.2. The van der Waals surface area contributed by atoms with Crippen LogP contribution in [0.4, 0.5) is 5.69 Å². The average Bonchev–Trinajstić information content (AvgIpc) is 2.74. The van der Waals surface area contributed by atoms with E-state index in [-0.39, 0.29) is 17.2 Å². The highest BCUT2D eigenvalue weighted by atomic mass is 32.2. The number of unbranched alkanes of at least 4 members (excludes halogenated alkanes) is 1. The van der Waals surface area contributed by atoms with Crippen molar-refractivity contribution in [2.75, 3.05) is 31.6 Å². The van der Waals surface area contributed by atoms with Gasteiger partial charge in [-0.15, -0.1) is 0 Å². The minimum absolute atomic E-state index is 0.174. The zero-order valence-corrected chi connectivity index (χ0v) is 17.6. The van der Waals surface area contributed by atoms with E-state index in [0.29, 0.717) is 32.0 Å². The quantitative estimate of drug-likeness (QED) is 0.717. The van der Waals surface area contributed by atoms with Crippen LogP contribution in [-0.2, 0) is 32.4 Å². The molecule has 1 amide bonds. The number of hydrogen-bond donors (Lipinski definition) is 1. The van der Waals surface area contributed by atoms with Gasteiger partial charge >= 0.3 is 0 Å². The standard InChI is InChI=1S/C22H28N2O4S/c1-2-3-5-18-8-10-19(11-9-18)16-22(25)23-20-6-4-7-21(17-20)29(26,27)24-12-14-28-15-13-24/h4,6-11,17H,2-3,5,12-16H2,1H3,(H,23,25). The molecule has 3 rings (SSSR count). The van der Waals surface area contributed by atoms with Gasteiger partial charge in [-0.2, -0.15) is 4.31 Å². The number of amides is 1. The van der Waals surface area contributed by atoms with Crippen LogP contribution in [0.3, 0.4) is 0 Å². The maximum atomic E-state index is 12.8. The fraction of sp³-hybridized carbons (Fsp3) is 0.409. The highest BCUT2D eigenvalue weighted by molar-refractivity contribution is 7.89. The second-order valence-electron chi connectivity index (χ2n) is 7.19. The number of sulfonamides is 1. The molecule has 0 saturated carbocycles. The monoisotopic (exact) mass is 416 g/mol. The molecule has 0 unspecified atom stereocenters. The van der Waals surface area contributed by atoms with E-state index in [9.17, 15) is 13.2 Å². The number of morpholine rings is 1. The Kier molecular flexibility index (Phi) is 7.41. The van der Waals surface area contributed by atoms with Crippen LogP contribution in [0.25, 0.3) is 0 Å². The molecule has 1 saturated heterocycles. The van der Waals surface area contributed by atoms with Crippen LogP contribution < -0.4 is 5.32 Å². The molecule has 1 N–H and O–H groups in total. The lowest BCUT2D eigenvalue weighted by Crippen LogP contribution is -2.40. The Bertz CT molecular complexity index is 920. The largest absolute Gasteiger partial charge is 0.379 e. The second kappa shape index (κ2) is 10.0. The lowest BCUT2D eigenvalue weighted by atomic mass is 10.0. The normalized spacial score (nSPS) is 15.2. The van der Waals surface area contributed by atoms with E-state index < -0.39 is 10.0 Å². The number of nitrogens with one attached hydrogen (secondary N) is 1. The maximum Gasteiger partial charge on any atom is 0.243 e. The van der Waals surface area contributed by atoms with Gasteiger partial charge in [0.15, 0.2) is 0 Å². The van der Waals surface area contributed by atoms with Crippen LogP contribution >= 0.6 is 0 Å². The van der Waals surface area contributed by atoms with Gasteiger partial charge in [-0.3, -0.25) is 4.79 Å². The number of aryl methyl sites for hydroxylation is 1. The van der Waals surface area contributed by atoms with Gasteiger partial charge in [0.05, 0.1) is 24.5 Å². The molecule has 1 aliphatic rings. The van der Waals surface area contributed by atoms with Crippen LogP contribution in [0.2, 0.25) is 0 Å². The number of nitrogens with zero attached hydrogens (tertiary/aromatic N) is 1. The van der Waals surface area contributed by atoms with Crippen molar-refractivity contribution in [1.29, 1.82) is 0 Å². The summed E-state index contributed by atoms with van der Waals surface area (Å²) in [5.74, 6) is -0.174. The second-order valence-corrected chi connectivity index (χ2v) is 9.13. The number of anilines is 1. The first kappa shape index (κ1) is 21.5. The fourth-order valence-electron chi connectivity index (χ4n) is 3.27. The van der Waals surface area contributed by atoms with Gasteiger partial charge in [0.2, 0.25) is 15.9 Å². The maximum absolute atomic E-state index is 12.8. The predicted molar refractivity (Wildman–Crippen MR) is 113 cm³/mol. The van der Waals surface area contributed by atoms with Gasteiger partial charge in [-0.1, -0.05) is 43.7 Å². The Morgan fingerprint density at radius 1 is 1.07 bits per heavy atom. The van der Waals surface area contributed by atoms with E-state index in [1.807, 2.05) is 12.1 Å². The van der Waals surface area contributed by atoms with Crippen molar-refractivity contribution in [3.8, 4) is 0 Å². The zero-order chi connectivity index (χ0) is 20.7. The average molecular weight is 417 g/mol. The molecular formula is C22H28N2O4S. The topological polar surface area (TPSA) is 75.7 Å². The smallest absolute Gasteiger partial charge is 0.243 e. The highest BCUT2D eigenvalue weighted by Gasteiger charge is 2.26. The Hall–Kier alpha value is -2.22. The first-order chi connectivity index (χ1) is 14.0. The molecule has 0 radical (unpaired) electrons. The number of benzene rings is 2. The summed E-state index contributed by atoms with van der Waals surface area (Å²) in [5.41, 5.74) is 2.68. The van der Waals surface area contributed by atoms with Crippen LogP contribution in [0.1, 0.15) is 30.9 Å². The number of carbonyl (C=O) groups is 1. The molecule has 0 aliphatic carbocycles. The van der Waals surface area contributed by atoms with Crippen LogP contribution in [-0.4, -0.2) is 44.9 Å². The molecule has 2 aromatic carbocycles. The van der Waals surface area contributed by atoms with Crippen molar-refractivity contribution in [1.82, 2.24) is 4.31 Å². The van der Waals surface area contributed by atoms with Gasteiger partial charge in [-0.25, -0.2) is 8.42 Å². The molecule has 0 atom stereocenters. The van der Waals surface area contributed by atoms with Crippen molar-refractivity contribution >= 4 is 21.6 Å². The first-order valence-corrected chi connectivity index (χ1v) is 11.5. The summed E-state index contributed by atoms with van der Waals surface area (Å²) in [5, 5.41) is 2.81. The predicted octanol–water partition coefficient (Wildman–Crippen LogP) is 3.23. The van der Waals surface area contributed by atoms with Gasteiger partial charge < -0.3 is 10.1 Å². The molecule has 0 aromatic heterocycles. The molecule has 1 heterocycles. The zero-order valence-electron chi connectivity index (χ0n) is 16.8. The van der Waals surface area contributed by atoms with Crippen LogP contribution in [0.5, 0.6) is 0 Å². The lowest BCUT2D eigenvalue weighted by molar-refractivity contribution is -0.115. The number of rotatable bonds is 8. The molecule has 156 valence electrons. The first-order valence-electron chi connectivity index (χ1n) is 10.0. The third kappa shape index (κ3) is 5.88. The van der Waals surface area contributed by atoms with Gasteiger partial charge in [0, 0.05) is 18.8 Å². The number of carbonyl (C=O) groups excluding carboxylic acids is 1. The van der Waals surface area contributed by atoms with E-state index in [2.05, 4.69) is 24.4 Å². The molecular weight excluding hydrogens is 388 g/mol. The Morgan fingerprint density at radius 2 is 1.76 bits per heavy atom. The summed E-state index contributed by atoms with van der Waals surface area (Å²) >= 11 is 0. The molecule has 0 bridgehead atoms. The molecule has 7 heteroatoms. The summed E-state index contributed by atoms with van der Waals surface area (Å²) in [7, 11) is -3.59. The van der Waals surface area contributed by atoms with E-state index in [0.717, 1.165) is 24.8 Å². The fourth-order valence-corrected chi connectivity index (χ4v) is 4.72. The summed E-state index contributed by atoms with van der Waals surface area (Å²) in [6.45, 7) is 3.64. The third-order valence-electron chi connectivity index (χ3n) is 4.93. The molecule has 1 fully saturated rings. The third-order valence-corrected chi connectivity index (χ3v) is 6.83. The Morgan fingerprint density at radius 3 is 2.45 bits per heavy atom. The van der Waals surface area contributed by atoms with Crippen LogP contribution in [0.15, 0.2) is 53.4 Å². The molecule has 6 nitrogen and oxygen atoms in total. The summed E-state index contributed by atoms with van der Waals surface area (Å²) in [4.78, 5) is 12.6. The Labute approximate surface area is 172 Å². The molecule has 2 aromatic rings. The van der Waals surface area contributed by atoms with Crippen molar-refractivity contribution in [3.05, 3.63) is 59.7 Å². The van der Waals surface area contributed by atoms with Crippen molar-refractivity contribution < 1.29 is 17.9 Å². The summed E-state index contributed by atoms with van der Waals surface area (Å²) in [6.07, 6.45) is 3.61. The van der Waals surface area contributed by atoms with E-state index in [4.69, 9.17) is 4.74 Å². The van der Waals surface area contributed by atoms with Crippen molar-refractivity contribution in [3.63, 3.8) is 0 Å². The van der Waals surface area contributed by atoms with E-state index >= 15 is 0 Å². The minimum atomic E-state index is -3.59. The number of hydrogen-bond acceptors (Lipinski definition) is 4. The number of ether oxygens (including phenoxy) is 1. The molecule has 29 heavy (non-hydrogen) atoms. The molecule has 0 spiro atoms. The van der Waals surface area contributed by atoms with Crippen molar-refractivity contribution in [2.24, 2.45) is 0 Å². The summed E-state index contributed by atoms with van der Waals surface area (Å²) in [6, 6.07) is 14.5. The minimum Gasteiger partial charge on any atom is -0.379 e. The Balaban J connectivity index is 1.63.